The maximum absolute atomic E-state index is 6.21. The van der Waals surface area contributed by atoms with Crippen molar-refractivity contribution in [2.45, 2.75) is 25.6 Å². The Balaban J connectivity index is 1.59. The van der Waals surface area contributed by atoms with Crippen LogP contribution in [-0.2, 0) is 19.5 Å². The molecule has 3 heteroatoms. The number of fused-ring (bicyclic) bond motifs is 1. The van der Waals surface area contributed by atoms with Gasteiger partial charge in [-0.25, -0.2) is 0 Å². The predicted octanol–water partition coefficient (Wildman–Crippen LogP) is 4.27. The molecule has 2 N–H and O–H groups in total. The molecule has 1 aliphatic heterocycles. The molecular formula is C23H24N2O. The van der Waals surface area contributed by atoms with Crippen LogP contribution >= 0.6 is 0 Å². The number of nitrogens with zero attached hydrogens (tertiary/aromatic N) is 1. The van der Waals surface area contributed by atoms with Crippen molar-refractivity contribution in [3.63, 3.8) is 0 Å². The Morgan fingerprint density at radius 2 is 1.42 bits per heavy atom. The lowest BCUT2D eigenvalue weighted by Crippen LogP contribution is -2.42. The van der Waals surface area contributed by atoms with Gasteiger partial charge in [0.2, 0.25) is 0 Å². The van der Waals surface area contributed by atoms with Crippen molar-refractivity contribution < 1.29 is 4.74 Å². The molecule has 0 aromatic heterocycles. The van der Waals surface area contributed by atoms with Gasteiger partial charge in [0.1, 0.15) is 12.4 Å². The second-order valence-corrected chi connectivity index (χ2v) is 6.87. The average Bonchev–Trinajstić information content (AvgIpc) is 2.69. The summed E-state index contributed by atoms with van der Waals surface area (Å²) in [6, 6.07) is 27.5. The lowest BCUT2D eigenvalue weighted by Gasteiger charge is -2.35. The second-order valence-electron chi connectivity index (χ2n) is 6.87. The van der Waals surface area contributed by atoms with Gasteiger partial charge in [0, 0.05) is 30.4 Å². The zero-order valence-corrected chi connectivity index (χ0v) is 14.8. The Bertz CT molecular complexity index is 807. The highest BCUT2D eigenvalue weighted by atomic mass is 16.5. The quantitative estimate of drug-likeness (QED) is 0.702. The van der Waals surface area contributed by atoms with Gasteiger partial charge in [0.15, 0.2) is 0 Å². The van der Waals surface area contributed by atoms with Crippen molar-refractivity contribution in [3.8, 4) is 5.75 Å². The van der Waals surface area contributed by atoms with E-state index in [0.717, 1.165) is 36.5 Å². The van der Waals surface area contributed by atoms with E-state index >= 15 is 0 Å². The molecule has 0 fully saturated rings. The fourth-order valence-electron chi connectivity index (χ4n) is 3.60. The van der Waals surface area contributed by atoms with Gasteiger partial charge in [-0.2, -0.15) is 0 Å². The van der Waals surface area contributed by atoms with Crippen molar-refractivity contribution in [1.82, 2.24) is 4.90 Å². The second kappa shape index (κ2) is 7.63. The summed E-state index contributed by atoms with van der Waals surface area (Å²) in [7, 11) is 0. The number of ether oxygens (including phenoxy) is 1. The van der Waals surface area contributed by atoms with Crippen LogP contribution in [0.25, 0.3) is 0 Å². The molecule has 3 aromatic carbocycles. The van der Waals surface area contributed by atoms with E-state index in [-0.39, 0.29) is 0 Å². The topological polar surface area (TPSA) is 38.5 Å². The molecule has 132 valence electrons. The fourth-order valence-corrected chi connectivity index (χ4v) is 3.60. The molecule has 1 aliphatic rings. The molecule has 0 aliphatic carbocycles. The molecule has 1 heterocycles. The van der Waals surface area contributed by atoms with Gasteiger partial charge in [0.05, 0.1) is 0 Å². The number of anilines is 1. The Morgan fingerprint density at radius 1 is 0.808 bits per heavy atom. The normalized spacial score (nSPS) is 16.1. The number of hydrogen-bond donors (Lipinski definition) is 1. The maximum Gasteiger partial charge on any atom is 0.124 e. The van der Waals surface area contributed by atoms with Crippen LogP contribution < -0.4 is 10.5 Å². The minimum Gasteiger partial charge on any atom is -0.492 e. The van der Waals surface area contributed by atoms with Crippen LogP contribution in [0.3, 0.4) is 0 Å². The molecule has 0 radical (unpaired) electrons. The van der Waals surface area contributed by atoms with E-state index in [0.29, 0.717) is 12.6 Å². The van der Waals surface area contributed by atoms with Crippen LogP contribution in [0.5, 0.6) is 5.75 Å². The van der Waals surface area contributed by atoms with E-state index < -0.39 is 0 Å². The Labute approximate surface area is 155 Å². The molecule has 0 spiro atoms. The van der Waals surface area contributed by atoms with Crippen molar-refractivity contribution >= 4 is 5.69 Å². The summed E-state index contributed by atoms with van der Waals surface area (Å²) in [5, 5.41) is 0. The summed E-state index contributed by atoms with van der Waals surface area (Å²) in [5.74, 6) is 0.931. The van der Waals surface area contributed by atoms with Gasteiger partial charge in [-0.3, -0.25) is 4.90 Å². The first-order valence-corrected chi connectivity index (χ1v) is 9.11. The Kier molecular flexibility index (Phi) is 4.89. The Morgan fingerprint density at radius 3 is 2.04 bits per heavy atom. The first-order chi connectivity index (χ1) is 12.8. The van der Waals surface area contributed by atoms with Crippen molar-refractivity contribution in [3.05, 3.63) is 95.6 Å². The monoisotopic (exact) mass is 344 g/mol. The van der Waals surface area contributed by atoms with E-state index in [4.69, 9.17) is 10.5 Å². The maximum atomic E-state index is 6.21. The van der Waals surface area contributed by atoms with Crippen LogP contribution in [0, 0.1) is 0 Å². The average molecular weight is 344 g/mol. The van der Waals surface area contributed by atoms with E-state index in [2.05, 4.69) is 65.6 Å². The summed E-state index contributed by atoms with van der Waals surface area (Å²) in [6.45, 7) is 2.48. The van der Waals surface area contributed by atoms with Crippen LogP contribution in [-0.4, -0.2) is 17.5 Å². The minimum atomic E-state index is 0.299. The van der Waals surface area contributed by atoms with Gasteiger partial charge in [0.25, 0.3) is 0 Å². The fraction of sp³-hybridized carbons (Fsp3) is 0.217. The molecule has 0 bridgehead atoms. The number of rotatable bonds is 5. The standard InChI is InChI=1S/C23H24N2O/c24-22-12-7-13-23-21(22)14-20(17-26-23)25(15-18-8-3-1-4-9-18)16-19-10-5-2-6-11-19/h1-13,20H,14-17,24H2/t20-/m0/s1. The first-order valence-electron chi connectivity index (χ1n) is 9.11. The summed E-state index contributed by atoms with van der Waals surface area (Å²) < 4.78 is 6.05. The number of nitrogen functional groups attached to an aromatic ring is 1. The molecule has 26 heavy (non-hydrogen) atoms. The van der Waals surface area contributed by atoms with E-state index in [9.17, 15) is 0 Å². The van der Waals surface area contributed by atoms with Crippen LogP contribution in [0.15, 0.2) is 78.9 Å². The number of nitrogens with two attached hydrogens (primary N) is 1. The molecule has 0 saturated heterocycles. The van der Waals surface area contributed by atoms with Gasteiger partial charge in [-0.05, 0) is 29.7 Å². The van der Waals surface area contributed by atoms with E-state index in [1.165, 1.54) is 11.1 Å². The SMILES string of the molecule is Nc1cccc2c1C[C@H](N(Cc1ccccc1)Cc1ccccc1)CO2. The van der Waals surface area contributed by atoms with Gasteiger partial charge >= 0.3 is 0 Å². The molecule has 0 amide bonds. The molecule has 1 atom stereocenters. The van der Waals surface area contributed by atoms with Gasteiger partial charge < -0.3 is 10.5 Å². The van der Waals surface area contributed by atoms with Gasteiger partial charge in [-0.15, -0.1) is 0 Å². The molecule has 4 rings (SSSR count). The molecule has 0 unspecified atom stereocenters. The largest absolute Gasteiger partial charge is 0.492 e. The van der Waals surface area contributed by atoms with E-state index in [1.807, 2.05) is 18.2 Å². The first kappa shape index (κ1) is 16.7. The lowest BCUT2D eigenvalue weighted by molar-refractivity contribution is 0.106. The molecule has 0 saturated carbocycles. The number of benzene rings is 3. The van der Waals surface area contributed by atoms with E-state index in [1.54, 1.807) is 0 Å². The highest BCUT2D eigenvalue weighted by Gasteiger charge is 2.27. The Hall–Kier alpha value is -2.78. The summed E-state index contributed by atoms with van der Waals surface area (Å²) in [6.07, 6.45) is 0.918. The smallest absolute Gasteiger partial charge is 0.124 e. The van der Waals surface area contributed by atoms with Crippen molar-refractivity contribution in [2.24, 2.45) is 0 Å². The highest BCUT2D eigenvalue weighted by Crippen LogP contribution is 2.31. The number of hydrogen-bond acceptors (Lipinski definition) is 3. The molecular weight excluding hydrogens is 320 g/mol. The third-order valence-corrected chi connectivity index (χ3v) is 5.01. The van der Waals surface area contributed by atoms with Gasteiger partial charge in [-0.1, -0.05) is 66.7 Å². The summed E-state index contributed by atoms with van der Waals surface area (Å²) in [5.41, 5.74) is 10.8. The summed E-state index contributed by atoms with van der Waals surface area (Å²) in [4.78, 5) is 2.50. The third kappa shape index (κ3) is 3.73. The van der Waals surface area contributed by atoms with Crippen LogP contribution in [0.1, 0.15) is 16.7 Å². The molecule has 3 aromatic rings. The lowest BCUT2D eigenvalue weighted by atomic mass is 9.98. The third-order valence-electron chi connectivity index (χ3n) is 5.01. The molecule has 3 nitrogen and oxygen atoms in total. The zero-order valence-electron chi connectivity index (χ0n) is 14.8. The van der Waals surface area contributed by atoms with Crippen molar-refractivity contribution in [1.29, 1.82) is 0 Å². The van der Waals surface area contributed by atoms with Crippen LogP contribution in [0.4, 0.5) is 5.69 Å². The minimum absolute atomic E-state index is 0.299. The van der Waals surface area contributed by atoms with Crippen LogP contribution in [0.2, 0.25) is 0 Å². The zero-order chi connectivity index (χ0) is 17.8. The highest BCUT2D eigenvalue weighted by molar-refractivity contribution is 5.55. The predicted molar refractivity (Wildman–Crippen MR) is 106 cm³/mol. The van der Waals surface area contributed by atoms with Crippen molar-refractivity contribution in [2.75, 3.05) is 12.3 Å². The summed E-state index contributed by atoms with van der Waals surface area (Å²) >= 11 is 0.